The van der Waals surface area contributed by atoms with Crippen LogP contribution in [0.4, 0.5) is 4.39 Å². The van der Waals surface area contributed by atoms with Crippen LogP contribution < -0.4 is 5.32 Å². The zero-order valence-corrected chi connectivity index (χ0v) is 13.9. The molecule has 20 heavy (non-hydrogen) atoms. The van der Waals surface area contributed by atoms with Gasteiger partial charge in [-0.3, -0.25) is 4.90 Å². The molecular formula is C16H24BrFN2. The van der Waals surface area contributed by atoms with Crippen LogP contribution >= 0.6 is 15.9 Å². The number of nitrogens with zero attached hydrogens (tertiary/aromatic N) is 1. The second-order valence-corrected chi connectivity index (χ2v) is 6.83. The third-order valence-electron chi connectivity index (χ3n) is 3.90. The molecule has 2 nitrogen and oxygen atoms in total. The summed E-state index contributed by atoms with van der Waals surface area (Å²) < 4.78 is 14.8. The average molecular weight is 343 g/mol. The van der Waals surface area contributed by atoms with Crippen molar-refractivity contribution in [3.63, 3.8) is 0 Å². The van der Waals surface area contributed by atoms with Crippen LogP contribution in [0.25, 0.3) is 0 Å². The fourth-order valence-corrected chi connectivity index (χ4v) is 3.07. The van der Waals surface area contributed by atoms with Gasteiger partial charge in [0.25, 0.3) is 0 Å². The second kappa shape index (κ2) is 7.53. The Hall–Kier alpha value is -0.450. The molecule has 4 heteroatoms. The summed E-state index contributed by atoms with van der Waals surface area (Å²) in [5.41, 5.74) is 0.796. The third kappa shape index (κ3) is 4.54. The summed E-state index contributed by atoms with van der Waals surface area (Å²) in [6, 6.07) is 6.39. The number of nitrogens with one attached hydrogen (secondary N) is 1. The number of hydrogen-bond acceptors (Lipinski definition) is 2. The zero-order valence-electron chi connectivity index (χ0n) is 12.3. The summed E-state index contributed by atoms with van der Waals surface area (Å²) >= 11 is 3.31. The molecule has 1 unspecified atom stereocenters. The van der Waals surface area contributed by atoms with E-state index in [2.05, 4.69) is 40.0 Å². The fraction of sp³-hybridized carbons (Fsp3) is 0.625. The molecule has 0 bridgehead atoms. The van der Waals surface area contributed by atoms with Crippen molar-refractivity contribution in [3.05, 3.63) is 34.1 Å². The molecule has 1 aliphatic heterocycles. The van der Waals surface area contributed by atoms with Gasteiger partial charge in [-0.2, -0.15) is 0 Å². The molecule has 2 rings (SSSR count). The van der Waals surface area contributed by atoms with Gasteiger partial charge in [0.15, 0.2) is 0 Å². The maximum Gasteiger partial charge on any atom is 0.128 e. The third-order valence-corrected chi connectivity index (χ3v) is 4.39. The van der Waals surface area contributed by atoms with Crippen LogP contribution in [0.1, 0.15) is 38.7 Å². The monoisotopic (exact) mass is 342 g/mol. The summed E-state index contributed by atoms with van der Waals surface area (Å²) in [5, 5.41) is 3.51. The van der Waals surface area contributed by atoms with E-state index in [0.717, 1.165) is 23.1 Å². The summed E-state index contributed by atoms with van der Waals surface area (Å²) in [6.07, 6.45) is 3.71. The molecule has 112 valence electrons. The number of piperidine rings is 1. The molecule has 1 heterocycles. The van der Waals surface area contributed by atoms with Crippen LogP contribution in [0.3, 0.4) is 0 Å². The topological polar surface area (TPSA) is 15.3 Å². The number of benzene rings is 1. The Labute approximate surface area is 129 Å². The fourth-order valence-electron chi connectivity index (χ4n) is 2.74. The van der Waals surface area contributed by atoms with Crippen LogP contribution in [-0.4, -0.2) is 30.1 Å². The predicted molar refractivity (Wildman–Crippen MR) is 85.3 cm³/mol. The Morgan fingerprint density at radius 1 is 1.40 bits per heavy atom. The summed E-state index contributed by atoms with van der Waals surface area (Å²) in [7, 11) is 0. The minimum absolute atomic E-state index is 0.111. The minimum Gasteiger partial charge on any atom is -0.313 e. The molecular weight excluding hydrogens is 319 g/mol. The van der Waals surface area contributed by atoms with Gasteiger partial charge in [0.2, 0.25) is 0 Å². The lowest BCUT2D eigenvalue weighted by Gasteiger charge is -2.36. The molecule has 0 amide bonds. The molecule has 0 radical (unpaired) electrons. The molecule has 1 fully saturated rings. The Kier molecular flexibility index (Phi) is 6.00. The highest BCUT2D eigenvalue weighted by molar-refractivity contribution is 9.10. The van der Waals surface area contributed by atoms with Gasteiger partial charge in [0.1, 0.15) is 5.82 Å². The standard InChI is InChI=1S/C16H24BrFN2/c1-12(2)19-10-15-5-3-4-8-20(15)11-13-6-7-14(17)9-16(13)18/h6-7,9,12,15,19H,3-5,8,10-11H2,1-2H3. The van der Waals surface area contributed by atoms with E-state index in [0.29, 0.717) is 18.6 Å². The normalized spacial score (nSPS) is 20.6. The van der Waals surface area contributed by atoms with E-state index in [-0.39, 0.29) is 5.82 Å². The quantitative estimate of drug-likeness (QED) is 0.871. The van der Waals surface area contributed by atoms with Gasteiger partial charge in [0.05, 0.1) is 0 Å². The van der Waals surface area contributed by atoms with Crippen molar-refractivity contribution in [2.75, 3.05) is 13.1 Å². The highest BCUT2D eigenvalue weighted by Gasteiger charge is 2.23. The Morgan fingerprint density at radius 2 is 2.20 bits per heavy atom. The smallest absolute Gasteiger partial charge is 0.128 e. The maximum atomic E-state index is 14.0. The van der Waals surface area contributed by atoms with E-state index in [9.17, 15) is 4.39 Å². The first kappa shape index (κ1) is 15.9. The lowest BCUT2D eigenvalue weighted by molar-refractivity contribution is 0.134. The van der Waals surface area contributed by atoms with Gasteiger partial charge in [-0.15, -0.1) is 0 Å². The van der Waals surface area contributed by atoms with Gasteiger partial charge in [-0.25, -0.2) is 4.39 Å². The van der Waals surface area contributed by atoms with E-state index >= 15 is 0 Å². The maximum absolute atomic E-state index is 14.0. The lowest BCUT2D eigenvalue weighted by atomic mass is 10.0. The van der Waals surface area contributed by atoms with Crippen LogP contribution in [0, 0.1) is 5.82 Å². The molecule has 0 saturated carbocycles. The van der Waals surface area contributed by atoms with Crippen LogP contribution in [-0.2, 0) is 6.54 Å². The highest BCUT2D eigenvalue weighted by Crippen LogP contribution is 2.22. The molecule has 1 aromatic carbocycles. The summed E-state index contributed by atoms with van der Waals surface area (Å²) in [5.74, 6) is -0.111. The molecule has 0 aliphatic carbocycles. The molecule has 1 atom stereocenters. The number of likely N-dealkylation sites (tertiary alicyclic amines) is 1. The van der Waals surface area contributed by atoms with Crippen molar-refractivity contribution in [1.29, 1.82) is 0 Å². The van der Waals surface area contributed by atoms with E-state index in [4.69, 9.17) is 0 Å². The molecule has 0 aromatic heterocycles. The SMILES string of the molecule is CC(C)NCC1CCCCN1Cc1ccc(Br)cc1F. The number of hydrogen-bond donors (Lipinski definition) is 1. The van der Waals surface area contributed by atoms with Crippen LogP contribution in [0.15, 0.2) is 22.7 Å². The first-order chi connectivity index (χ1) is 9.56. The van der Waals surface area contributed by atoms with Crippen molar-refractivity contribution in [3.8, 4) is 0 Å². The number of rotatable bonds is 5. The number of halogens is 2. The van der Waals surface area contributed by atoms with Crippen molar-refractivity contribution >= 4 is 15.9 Å². The molecule has 1 saturated heterocycles. The van der Waals surface area contributed by atoms with Gasteiger partial charge < -0.3 is 5.32 Å². The predicted octanol–water partition coefficient (Wildman–Crippen LogP) is 3.94. The van der Waals surface area contributed by atoms with Gasteiger partial charge in [-0.1, -0.05) is 42.3 Å². The molecule has 0 spiro atoms. The molecule has 1 aromatic rings. The Bertz CT molecular complexity index is 436. The highest BCUT2D eigenvalue weighted by atomic mass is 79.9. The van der Waals surface area contributed by atoms with E-state index < -0.39 is 0 Å². The second-order valence-electron chi connectivity index (χ2n) is 5.92. The largest absolute Gasteiger partial charge is 0.313 e. The van der Waals surface area contributed by atoms with E-state index in [1.165, 1.54) is 19.3 Å². The lowest BCUT2D eigenvalue weighted by Crippen LogP contribution is -2.46. The van der Waals surface area contributed by atoms with E-state index in [1.807, 2.05) is 12.1 Å². The van der Waals surface area contributed by atoms with Crippen LogP contribution in [0.5, 0.6) is 0 Å². The van der Waals surface area contributed by atoms with Gasteiger partial charge in [0, 0.05) is 35.2 Å². The van der Waals surface area contributed by atoms with Crippen molar-refractivity contribution in [2.45, 2.75) is 51.7 Å². The van der Waals surface area contributed by atoms with Crippen LogP contribution in [0.2, 0.25) is 0 Å². The minimum atomic E-state index is -0.111. The Balaban J connectivity index is 2.00. The first-order valence-corrected chi connectivity index (χ1v) is 8.27. The summed E-state index contributed by atoms with van der Waals surface area (Å²) in [4.78, 5) is 2.42. The van der Waals surface area contributed by atoms with Crippen molar-refractivity contribution < 1.29 is 4.39 Å². The summed E-state index contributed by atoms with van der Waals surface area (Å²) in [6.45, 7) is 7.11. The molecule has 1 aliphatic rings. The molecule has 1 N–H and O–H groups in total. The zero-order chi connectivity index (χ0) is 14.5. The first-order valence-electron chi connectivity index (χ1n) is 7.47. The van der Waals surface area contributed by atoms with Gasteiger partial charge in [-0.05, 0) is 31.5 Å². The van der Waals surface area contributed by atoms with Crippen molar-refractivity contribution in [1.82, 2.24) is 10.2 Å². The van der Waals surface area contributed by atoms with E-state index in [1.54, 1.807) is 6.07 Å². The van der Waals surface area contributed by atoms with Crippen molar-refractivity contribution in [2.24, 2.45) is 0 Å². The van der Waals surface area contributed by atoms with Gasteiger partial charge >= 0.3 is 0 Å². The Morgan fingerprint density at radius 3 is 2.90 bits per heavy atom. The average Bonchev–Trinajstić information content (AvgIpc) is 2.41.